The number of carbonyl (C=O) groups is 1. The van der Waals surface area contributed by atoms with Gasteiger partial charge in [0, 0.05) is 45.7 Å². The fraction of sp³-hybridized carbons (Fsp3) is 0.522. The number of amides is 1. The zero-order valence-corrected chi connectivity index (χ0v) is 18.1. The third-order valence-electron chi connectivity index (χ3n) is 6.06. The van der Waals surface area contributed by atoms with E-state index in [2.05, 4.69) is 16.8 Å². The predicted molar refractivity (Wildman–Crippen MR) is 115 cm³/mol. The van der Waals surface area contributed by atoms with E-state index in [1.807, 2.05) is 19.0 Å². The lowest BCUT2D eigenvalue weighted by molar-refractivity contribution is -0.134. The molecule has 6 nitrogen and oxygen atoms in total. The van der Waals surface area contributed by atoms with Gasteiger partial charge in [0.2, 0.25) is 5.91 Å². The van der Waals surface area contributed by atoms with Crippen LogP contribution in [0.2, 0.25) is 0 Å². The summed E-state index contributed by atoms with van der Waals surface area (Å²) < 4.78 is 13.2. The van der Waals surface area contributed by atoms with E-state index in [9.17, 15) is 9.18 Å². The van der Waals surface area contributed by atoms with Gasteiger partial charge in [0.15, 0.2) is 5.82 Å². The van der Waals surface area contributed by atoms with E-state index in [4.69, 9.17) is 9.97 Å². The Hall–Kier alpha value is -2.54. The zero-order valence-electron chi connectivity index (χ0n) is 18.1. The summed E-state index contributed by atoms with van der Waals surface area (Å²) in [5.74, 6) is 1.48. The maximum atomic E-state index is 13.2. The molecule has 4 rings (SSSR count). The first-order valence-electron chi connectivity index (χ1n) is 10.7. The highest BCUT2D eigenvalue weighted by Gasteiger charge is 2.32. The molecule has 1 aromatic carbocycles. The average Bonchev–Trinajstić information content (AvgIpc) is 2.74. The highest BCUT2D eigenvalue weighted by molar-refractivity contribution is 5.79. The van der Waals surface area contributed by atoms with E-state index >= 15 is 0 Å². The van der Waals surface area contributed by atoms with Crippen LogP contribution in [-0.2, 0) is 24.2 Å². The molecule has 2 aromatic rings. The van der Waals surface area contributed by atoms with Crippen molar-refractivity contribution in [3.05, 3.63) is 52.7 Å². The SMILES string of the molecule is CN1CCc2nc(C3CCCCN3C(=O)Cc3ccc(F)cc3)nc(N(C)C)c2C1. The molecule has 1 fully saturated rings. The molecular weight excluding hydrogens is 381 g/mol. The maximum absolute atomic E-state index is 13.2. The Kier molecular flexibility index (Phi) is 5.99. The van der Waals surface area contributed by atoms with Crippen LogP contribution in [0.15, 0.2) is 24.3 Å². The number of carbonyl (C=O) groups excluding carboxylic acids is 1. The molecule has 0 radical (unpaired) electrons. The molecule has 3 heterocycles. The Labute approximate surface area is 177 Å². The van der Waals surface area contributed by atoms with Gasteiger partial charge < -0.3 is 14.7 Å². The van der Waals surface area contributed by atoms with Crippen molar-refractivity contribution in [3.63, 3.8) is 0 Å². The number of hydrogen-bond donors (Lipinski definition) is 0. The highest BCUT2D eigenvalue weighted by atomic mass is 19.1. The van der Waals surface area contributed by atoms with Crippen molar-refractivity contribution in [2.24, 2.45) is 0 Å². The molecule has 30 heavy (non-hydrogen) atoms. The number of likely N-dealkylation sites (N-methyl/N-ethyl adjacent to an activating group) is 1. The van der Waals surface area contributed by atoms with Gasteiger partial charge in [-0.2, -0.15) is 0 Å². The Balaban J connectivity index is 1.63. The maximum Gasteiger partial charge on any atom is 0.227 e. The first-order chi connectivity index (χ1) is 14.4. The van der Waals surface area contributed by atoms with Gasteiger partial charge in [0.1, 0.15) is 11.6 Å². The van der Waals surface area contributed by atoms with Crippen LogP contribution >= 0.6 is 0 Å². The standard InChI is InChI=1S/C23H30FN5O/c1-27(2)23-18-15-28(3)13-11-19(18)25-22(26-23)20-6-4-5-12-29(20)21(30)14-16-7-9-17(24)10-8-16/h7-10,20H,4-6,11-15H2,1-3H3. The van der Waals surface area contributed by atoms with Gasteiger partial charge in [-0.25, -0.2) is 14.4 Å². The van der Waals surface area contributed by atoms with Crippen LogP contribution in [0, 0.1) is 5.82 Å². The van der Waals surface area contributed by atoms with E-state index in [0.29, 0.717) is 6.54 Å². The second-order valence-corrected chi connectivity index (χ2v) is 8.61. The second kappa shape index (κ2) is 8.68. The summed E-state index contributed by atoms with van der Waals surface area (Å²) in [5, 5.41) is 0. The lowest BCUT2D eigenvalue weighted by atomic mass is 9.99. The van der Waals surface area contributed by atoms with Crippen molar-refractivity contribution < 1.29 is 9.18 Å². The molecule has 2 aliphatic rings. The lowest BCUT2D eigenvalue weighted by Crippen LogP contribution is -2.41. The molecular formula is C23H30FN5O. The smallest absolute Gasteiger partial charge is 0.227 e. The second-order valence-electron chi connectivity index (χ2n) is 8.61. The molecule has 0 saturated carbocycles. The Morgan fingerprint density at radius 3 is 2.67 bits per heavy atom. The normalized spacial score (nSPS) is 19.5. The highest BCUT2D eigenvalue weighted by Crippen LogP contribution is 2.33. The van der Waals surface area contributed by atoms with Gasteiger partial charge in [0.05, 0.1) is 18.2 Å². The molecule has 2 aliphatic heterocycles. The molecule has 0 N–H and O–H groups in total. The Morgan fingerprint density at radius 1 is 1.17 bits per heavy atom. The van der Waals surface area contributed by atoms with Gasteiger partial charge in [-0.3, -0.25) is 4.79 Å². The number of benzene rings is 1. The molecule has 0 aliphatic carbocycles. The van der Waals surface area contributed by atoms with Gasteiger partial charge in [-0.05, 0) is 44.0 Å². The van der Waals surface area contributed by atoms with Crippen molar-refractivity contribution in [2.45, 2.75) is 44.7 Å². The Bertz CT molecular complexity index is 915. The van der Waals surface area contributed by atoms with E-state index in [-0.39, 0.29) is 24.2 Å². The number of likely N-dealkylation sites (tertiary alicyclic amines) is 1. The first kappa shape index (κ1) is 20.7. The number of piperidine rings is 1. The summed E-state index contributed by atoms with van der Waals surface area (Å²) in [4.78, 5) is 29.3. The molecule has 0 spiro atoms. The summed E-state index contributed by atoms with van der Waals surface area (Å²) in [6, 6.07) is 6.08. The van der Waals surface area contributed by atoms with Crippen LogP contribution in [0.25, 0.3) is 0 Å². The summed E-state index contributed by atoms with van der Waals surface area (Å²) in [7, 11) is 6.14. The Morgan fingerprint density at radius 2 is 1.93 bits per heavy atom. The number of fused-ring (bicyclic) bond motifs is 1. The third kappa shape index (κ3) is 4.31. The fourth-order valence-corrected chi connectivity index (χ4v) is 4.45. The number of aromatic nitrogens is 2. The van der Waals surface area contributed by atoms with Crippen molar-refractivity contribution in [1.29, 1.82) is 0 Å². The number of hydrogen-bond acceptors (Lipinski definition) is 5. The minimum absolute atomic E-state index is 0.0544. The molecule has 0 bridgehead atoms. The average molecular weight is 412 g/mol. The minimum Gasteiger partial charge on any atom is -0.362 e. The summed E-state index contributed by atoms with van der Waals surface area (Å²) in [6.45, 7) is 2.54. The lowest BCUT2D eigenvalue weighted by Gasteiger charge is -2.36. The fourth-order valence-electron chi connectivity index (χ4n) is 4.45. The van der Waals surface area contributed by atoms with E-state index < -0.39 is 0 Å². The topological polar surface area (TPSA) is 52.6 Å². The van der Waals surface area contributed by atoms with Crippen LogP contribution in [0.1, 0.15) is 47.9 Å². The summed E-state index contributed by atoms with van der Waals surface area (Å²) in [6.07, 6.45) is 4.10. The zero-order chi connectivity index (χ0) is 21.3. The van der Waals surface area contributed by atoms with Crippen LogP contribution < -0.4 is 4.90 Å². The number of rotatable bonds is 4. The molecule has 1 unspecified atom stereocenters. The van der Waals surface area contributed by atoms with Crippen molar-refractivity contribution in [1.82, 2.24) is 19.8 Å². The summed E-state index contributed by atoms with van der Waals surface area (Å²) in [5.41, 5.74) is 3.13. The predicted octanol–water partition coefficient (Wildman–Crippen LogP) is 2.97. The van der Waals surface area contributed by atoms with Gasteiger partial charge in [0.25, 0.3) is 0 Å². The van der Waals surface area contributed by atoms with Gasteiger partial charge in [-0.15, -0.1) is 0 Å². The van der Waals surface area contributed by atoms with E-state index in [1.165, 1.54) is 17.7 Å². The quantitative estimate of drug-likeness (QED) is 0.774. The van der Waals surface area contributed by atoms with Crippen LogP contribution in [-0.4, -0.2) is 59.9 Å². The molecule has 1 aromatic heterocycles. The first-order valence-corrected chi connectivity index (χ1v) is 10.7. The minimum atomic E-state index is -0.286. The van der Waals surface area contributed by atoms with Crippen LogP contribution in [0.4, 0.5) is 10.2 Å². The van der Waals surface area contributed by atoms with E-state index in [0.717, 1.165) is 61.7 Å². The number of halogens is 1. The van der Waals surface area contributed by atoms with E-state index in [1.54, 1.807) is 12.1 Å². The van der Waals surface area contributed by atoms with Crippen molar-refractivity contribution in [2.75, 3.05) is 39.1 Å². The molecule has 1 atom stereocenters. The van der Waals surface area contributed by atoms with Gasteiger partial charge in [-0.1, -0.05) is 12.1 Å². The molecule has 160 valence electrons. The van der Waals surface area contributed by atoms with Crippen LogP contribution in [0.5, 0.6) is 0 Å². The number of anilines is 1. The van der Waals surface area contributed by atoms with Crippen molar-refractivity contribution in [3.8, 4) is 0 Å². The molecule has 1 amide bonds. The molecule has 7 heteroatoms. The monoisotopic (exact) mass is 411 g/mol. The number of nitrogens with zero attached hydrogens (tertiary/aromatic N) is 5. The van der Waals surface area contributed by atoms with Crippen molar-refractivity contribution >= 4 is 11.7 Å². The molecule has 1 saturated heterocycles. The largest absolute Gasteiger partial charge is 0.362 e. The third-order valence-corrected chi connectivity index (χ3v) is 6.06. The summed E-state index contributed by atoms with van der Waals surface area (Å²) >= 11 is 0. The van der Waals surface area contributed by atoms with Gasteiger partial charge >= 0.3 is 0 Å². The van der Waals surface area contributed by atoms with Crippen LogP contribution in [0.3, 0.4) is 0 Å².